The highest BCUT2D eigenvalue weighted by Gasteiger charge is 2.30. The third-order valence-electron chi connectivity index (χ3n) is 7.87. The SMILES string of the molecule is Cn1cc(NC(=O)c2ccccc2-c2ccc(C(F)(F)F)cc2)cc1C(=O)N1CCc2ccc(Oc3ccc(C#N)cc3)cc2C1. The molecule has 1 aromatic heterocycles. The molecular formula is C36H27F3N4O3. The maximum atomic E-state index is 13.6. The normalized spacial score (nSPS) is 12.6. The lowest BCUT2D eigenvalue weighted by molar-refractivity contribution is -0.137. The van der Waals surface area contributed by atoms with Crippen molar-refractivity contribution in [1.82, 2.24) is 9.47 Å². The van der Waals surface area contributed by atoms with Gasteiger partial charge in [0.25, 0.3) is 11.8 Å². The summed E-state index contributed by atoms with van der Waals surface area (Å²) < 4.78 is 46.8. The first-order valence-electron chi connectivity index (χ1n) is 14.4. The van der Waals surface area contributed by atoms with Crippen LogP contribution in [0.4, 0.5) is 18.9 Å². The van der Waals surface area contributed by atoms with Crippen LogP contribution in [0.2, 0.25) is 0 Å². The molecule has 1 aliphatic rings. The molecule has 46 heavy (non-hydrogen) atoms. The van der Waals surface area contributed by atoms with Crippen LogP contribution in [-0.4, -0.2) is 27.8 Å². The number of nitriles is 1. The number of halogens is 3. The van der Waals surface area contributed by atoms with Crippen molar-refractivity contribution >= 4 is 17.5 Å². The molecule has 0 bridgehead atoms. The number of fused-ring (bicyclic) bond motifs is 1. The van der Waals surface area contributed by atoms with Gasteiger partial charge in [-0.1, -0.05) is 36.4 Å². The Labute approximate surface area is 263 Å². The van der Waals surface area contributed by atoms with E-state index in [1.807, 2.05) is 18.2 Å². The van der Waals surface area contributed by atoms with E-state index in [1.54, 1.807) is 77.3 Å². The fraction of sp³-hybridized carbons (Fsp3) is 0.139. The Hall–Kier alpha value is -5.82. The van der Waals surface area contributed by atoms with Crippen molar-refractivity contribution in [2.75, 3.05) is 11.9 Å². The van der Waals surface area contributed by atoms with Crippen molar-refractivity contribution in [2.24, 2.45) is 7.05 Å². The molecule has 0 spiro atoms. The summed E-state index contributed by atoms with van der Waals surface area (Å²) in [6.45, 7) is 0.904. The number of hydrogen-bond donors (Lipinski definition) is 1. The summed E-state index contributed by atoms with van der Waals surface area (Å²) in [4.78, 5) is 28.7. The number of nitrogens with one attached hydrogen (secondary N) is 1. The quantitative estimate of drug-likeness (QED) is 0.210. The van der Waals surface area contributed by atoms with Crippen LogP contribution in [0.25, 0.3) is 11.1 Å². The van der Waals surface area contributed by atoms with E-state index in [2.05, 4.69) is 11.4 Å². The number of anilines is 1. The molecule has 1 aliphatic heterocycles. The van der Waals surface area contributed by atoms with Crippen molar-refractivity contribution in [2.45, 2.75) is 19.1 Å². The fourth-order valence-corrected chi connectivity index (χ4v) is 5.48. The highest BCUT2D eigenvalue weighted by Crippen LogP contribution is 2.33. The maximum absolute atomic E-state index is 13.6. The van der Waals surface area contributed by atoms with Gasteiger partial charge in [0.1, 0.15) is 17.2 Å². The van der Waals surface area contributed by atoms with Gasteiger partial charge >= 0.3 is 6.18 Å². The van der Waals surface area contributed by atoms with Crippen LogP contribution >= 0.6 is 0 Å². The topological polar surface area (TPSA) is 87.4 Å². The number of benzene rings is 4. The molecule has 5 aromatic rings. The molecule has 1 N–H and O–H groups in total. The molecule has 0 radical (unpaired) electrons. The smallest absolute Gasteiger partial charge is 0.416 e. The summed E-state index contributed by atoms with van der Waals surface area (Å²) in [5, 5.41) is 11.8. The monoisotopic (exact) mass is 620 g/mol. The average Bonchev–Trinajstić information content (AvgIpc) is 3.43. The summed E-state index contributed by atoms with van der Waals surface area (Å²) in [5.74, 6) is 0.570. The second-order valence-electron chi connectivity index (χ2n) is 10.9. The Morgan fingerprint density at radius 1 is 0.891 bits per heavy atom. The van der Waals surface area contributed by atoms with Crippen LogP contribution in [0.5, 0.6) is 11.5 Å². The number of ether oxygens (including phenoxy) is 1. The summed E-state index contributed by atoms with van der Waals surface area (Å²) in [7, 11) is 1.72. The van der Waals surface area contributed by atoms with E-state index < -0.39 is 17.6 Å². The van der Waals surface area contributed by atoms with Crippen LogP contribution in [0.3, 0.4) is 0 Å². The van der Waals surface area contributed by atoms with Crippen LogP contribution in [0, 0.1) is 11.3 Å². The van der Waals surface area contributed by atoms with Gasteiger partial charge in [-0.3, -0.25) is 9.59 Å². The van der Waals surface area contributed by atoms with Crippen molar-refractivity contribution in [3.8, 4) is 28.7 Å². The highest BCUT2D eigenvalue weighted by molar-refractivity contribution is 6.09. The molecule has 6 rings (SSSR count). The second-order valence-corrected chi connectivity index (χ2v) is 10.9. The van der Waals surface area contributed by atoms with Gasteiger partial charge in [0.2, 0.25) is 0 Å². The molecule has 0 saturated heterocycles. The van der Waals surface area contributed by atoms with Gasteiger partial charge in [-0.15, -0.1) is 0 Å². The maximum Gasteiger partial charge on any atom is 0.416 e. The summed E-state index contributed by atoms with van der Waals surface area (Å²) in [5.41, 5.74) is 3.90. The van der Waals surface area contributed by atoms with Crippen molar-refractivity contribution < 1.29 is 27.5 Å². The number of carbonyl (C=O) groups is 2. The summed E-state index contributed by atoms with van der Waals surface area (Å²) >= 11 is 0. The molecular weight excluding hydrogens is 593 g/mol. The molecule has 230 valence electrons. The Morgan fingerprint density at radius 2 is 1.61 bits per heavy atom. The number of aryl methyl sites for hydroxylation is 1. The van der Waals surface area contributed by atoms with E-state index in [0.29, 0.717) is 59.1 Å². The molecule has 0 atom stereocenters. The van der Waals surface area contributed by atoms with E-state index in [1.165, 1.54) is 12.1 Å². The Morgan fingerprint density at radius 3 is 2.33 bits per heavy atom. The van der Waals surface area contributed by atoms with Gasteiger partial charge in [0.05, 0.1) is 22.9 Å². The second kappa shape index (κ2) is 12.3. The number of rotatable bonds is 6. The molecule has 10 heteroatoms. The molecule has 2 heterocycles. The van der Waals surface area contributed by atoms with E-state index in [-0.39, 0.29) is 11.5 Å². The molecule has 2 amide bonds. The first kappa shape index (κ1) is 30.2. The standard InChI is InChI=1S/C36H27F3N4O3/c1-42-22-28(41-34(44)32-5-3-2-4-31(32)25-8-11-27(12-9-25)36(37,38)39)19-33(42)35(45)43-17-16-24-10-15-30(18-26(24)21-43)46-29-13-6-23(20-40)7-14-29/h2-15,18-19,22H,16-17,21H2,1H3,(H,41,44). The zero-order chi connectivity index (χ0) is 32.4. The zero-order valence-electron chi connectivity index (χ0n) is 24.6. The molecule has 0 unspecified atom stereocenters. The number of nitrogens with zero attached hydrogens (tertiary/aromatic N) is 3. The number of aromatic nitrogens is 1. The van der Waals surface area contributed by atoms with E-state index >= 15 is 0 Å². The van der Waals surface area contributed by atoms with Gasteiger partial charge < -0.3 is 19.5 Å². The zero-order valence-corrected chi connectivity index (χ0v) is 24.6. The van der Waals surface area contributed by atoms with E-state index in [9.17, 15) is 22.8 Å². The molecule has 0 saturated carbocycles. The lowest BCUT2D eigenvalue weighted by Gasteiger charge is -2.29. The van der Waals surface area contributed by atoms with Crippen LogP contribution in [0.15, 0.2) is 103 Å². The van der Waals surface area contributed by atoms with Crippen LogP contribution in [0.1, 0.15) is 43.1 Å². The minimum absolute atomic E-state index is 0.197. The predicted molar refractivity (Wildman–Crippen MR) is 166 cm³/mol. The van der Waals surface area contributed by atoms with Crippen molar-refractivity contribution in [3.63, 3.8) is 0 Å². The first-order chi connectivity index (χ1) is 22.1. The van der Waals surface area contributed by atoms with Gasteiger partial charge in [0, 0.05) is 31.9 Å². The van der Waals surface area contributed by atoms with E-state index in [0.717, 1.165) is 23.3 Å². The van der Waals surface area contributed by atoms with Crippen molar-refractivity contribution in [1.29, 1.82) is 5.26 Å². The fourth-order valence-electron chi connectivity index (χ4n) is 5.48. The number of alkyl halides is 3. The third kappa shape index (κ3) is 6.35. The predicted octanol–water partition coefficient (Wildman–Crippen LogP) is 7.83. The van der Waals surface area contributed by atoms with E-state index in [4.69, 9.17) is 10.00 Å². The largest absolute Gasteiger partial charge is 0.457 e. The van der Waals surface area contributed by atoms with Gasteiger partial charge in [-0.05, 0) is 89.3 Å². The first-order valence-corrected chi connectivity index (χ1v) is 14.4. The number of amides is 2. The van der Waals surface area contributed by atoms with Crippen LogP contribution < -0.4 is 10.1 Å². The average molecular weight is 621 g/mol. The number of carbonyl (C=O) groups excluding carboxylic acids is 2. The Balaban J connectivity index is 1.15. The minimum atomic E-state index is -4.46. The summed E-state index contributed by atoms with van der Waals surface area (Å²) in [6, 6.07) is 27.6. The molecule has 7 nitrogen and oxygen atoms in total. The lowest BCUT2D eigenvalue weighted by Crippen LogP contribution is -2.36. The summed E-state index contributed by atoms with van der Waals surface area (Å²) in [6.07, 6.45) is -2.14. The molecule has 0 fully saturated rings. The lowest BCUT2D eigenvalue weighted by atomic mass is 9.98. The minimum Gasteiger partial charge on any atom is -0.457 e. The molecule has 0 aliphatic carbocycles. The van der Waals surface area contributed by atoms with Gasteiger partial charge in [0.15, 0.2) is 0 Å². The highest BCUT2D eigenvalue weighted by atomic mass is 19.4. The Kier molecular flexibility index (Phi) is 8.07. The van der Waals surface area contributed by atoms with Crippen LogP contribution in [-0.2, 0) is 26.2 Å². The molecule has 4 aromatic carbocycles. The third-order valence-corrected chi connectivity index (χ3v) is 7.87. The van der Waals surface area contributed by atoms with Crippen molar-refractivity contribution in [3.05, 3.63) is 137 Å². The van der Waals surface area contributed by atoms with Gasteiger partial charge in [-0.25, -0.2) is 0 Å². The Bertz CT molecular complexity index is 1970. The number of hydrogen-bond acceptors (Lipinski definition) is 4. The van der Waals surface area contributed by atoms with Gasteiger partial charge in [-0.2, -0.15) is 18.4 Å².